The Hall–Kier alpha value is -2.01. The predicted molar refractivity (Wildman–Crippen MR) is 83.2 cm³/mol. The molecular formula is C16H17NO3S. The third-order valence-corrected chi connectivity index (χ3v) is 4.08. The van der Waals surface area contributed by atoms with Gasteiger partial charge in [-0.2, -0.15) is 0 Å². The summed E-state index contributed by atoms with van der Waals surface area (Å²) in [6, 6.07) is 9.52. The lowest BCUT2D eigenvalue weighted by molar-refractivity contribution is 0.0691. The highest BCUT2D eigenvalue weighted by Gasteiger charge is 2.16. The number of benzene rings is 1. The fraction of sp³-hybridized carbons (Fsp3) is 0.250. The molecule has 0 bridgehead atoms. The van der Waals surface area contributed by atoms with E-state index in [0.717, 1.165) is 22.6 Å². The number of aromatic nitrogens is 1. The molecule has 4 nitrogen and oxygen atoms in total. The molecule has 1 aromatic heterocycles. The van der Waals surface area contributed by atoms with Gasteiger partial charge in [0.25, 0.3) is 0 Å². The molecule has 0 saturated heterocycles. The van der Waals surface area contributed by atoms with Crippen molar-refractivity contribution in [1.29, 1.82) is 0 Å². The lowest BCUT2D eigenvalue weighted by Gasteiger charge is -2.10. The number of pyridine rings is 1. The van der Waals surface area contributed by atoms with E-state index in [9.17, 15) is 9.90 Å². The SMILES string of the molecule is COc1cccc(CSc2nc(C)cc(C)c2C(=O)O)c1. The normalized spacial score (nSPS) is 10.4. The molecule has 110 valence electrons. The molecule has 1 aromatic carbocycles. The third kappa shape index (κ3) is 3.76. The summed E-state index contributed by atoms with van der Waals surface area (Å²) >= 11 is 1.43. The van der Waals surface area contributed by atoms with E-state index in [1.807, 2.05) is 31.2 Å². The van der Waals surface area contributed by atoms with Gasteiger partial charge in [-0.3, -0.25) is 0 Å². The van der Waals surface area contributed by atoms with Gasteiger partial charge in [0, 0.05) is 11.4 Å². The van der Waals surface area contributed by atoms with Gasteiger partial charge in [-0.25, -0.2) is 9.78 Å². The summed E-state index contributed by atoms with van der Waals surface area (Å²) in [6.07, 6.45) is 0. The average molecular weight is 303 g/mol. The molecule has 1 heterocycles. The van der Waals surface area contributed by atoms with Gasteiger partial charge >= 0.3 is 5.97 Å². The van der Waals surface area contributed by atoms with E-state index in [4.69, 9.17) is 4.74 Å². The van der Waals surface area contributed by atoms with E-state index in [2.05, 4.69) is 4.98 Å². The zero-order chi connectivity index (χ0) is 15.4. The quantitative estimate of drug-likeness (QED) is 0.853. The molecule has 0 atom stereocenters. The van der Waals surface area contributed by atoms with E-state index >= 15 is 0 Å². The molecule has 0 aliphatic carbocycles. The van der Waals surface area contributed by atoms with Crippen molar-refractivity contribution in [2.45, 2.75) is 24.6 Å². The number of hydrogen-bond donors (Lipinski definition) is 1. The molecule has 0 aliphatic heterocycles. The molecular weight excluding hydrogens is 286 g/mol. The van der Waals surface area contributed by atoms with Crippen LogP contribution in [0.4, 0.5) is 0 Å². The Morgan fingerprint density at radius 3 is 2.76 bits per heavy atom. The monoisotopic (exact) mass is 303 g/mol. The van der Waals surface area contributed by atoms with Crippen LogP contribution in [0.25, 0.3) is 0 Å². The number of aromatic carboxylic acids is 1. The minimum Gasteiger partial charge on any atom is -0.497 e. The number of nitrogens with zero attached hydrogens (tertiary/aromatic N) is 1. The van der Waals surface area contributed by atoms with Gasteiger partial charge in [0.2, 0.25) is 0 Å². The van der Waals surface area contributed by atoms with Crippen molar-refractivity contribution in [3.05, 3.63) is 52.7 Å². The lowest BCUT2D eigenvalue weighted by Crippen LogP contribution is -2.05. The third-order valence-electron chi connectivity index (χ3n) is 3.04. The molecule has 2 aromatic rings. The summed E-state index contributed by atoms with van der Waals surface area (Å²) in [5.41, 5.74) is 2.92. The fourth-order valence-corrected chi connectivity index (χ4v) is 3.17. The van der Waals surface area contributed by atoms with Crippen molar-refractivity contribution in [2.75, 3.05) is 7.11 Å². The average Bonchev–Trinajstić information content (AvgIpc) is 2.44. The van der Waals surface area contributed by atoms with E-state index in [1.165, 1.54) is 11.8 Å². The van der Waals surface area contributed by atoms with Gasteiger partial charge in [-0.15, -0.1) is 11.8 Å². The Bertz CT molecular complexity index is 671. The molecule has 0 aliphatic rings. The van der Waals surface area contributed by atoms with E-state index in [-0.39, 0.29) is 5.56 Å². The highest BCUT2D eigenvalue weighted by atomic mass is 32.2. The van der Waals surface area contributed by atoms with Gasteiger partial charge in [-0.05, 0) is 43.2 Å². The van der Waals surface area contributed by atoms with Crippen molar-refractivity contribution in [2.24, 2.45) is 0 Å². The van der Waals surface area contributed by atoms with Crippen molar-refractivity contribution in [3.63, 3.8) is 0 Å². The smallest absolute Gasteiger partial charge is 0.338 e. The summed E-state index contributed by atoms with van der Waals surface area (Å²) in [4.78, 5) is 15.8. The zero-order valence-electron chi connectivity index (χ0n) is 12.2. The van der Waals surface area contributed by atoms with Crippen molar-refractivity contribution in [1.82, 2.24) is 4.98 Å². The highest BCUT2D eigenvalue weighted by molar-refractivity contribution is 7.98. The van der Waals surface area contributed by atoms with Crippen LogP contribution < -0.4 is 4.74 Å². The number of carboxylic acids is 1. The summed E-state index contributed by atoms with van der Waals surface area (Å²) in [6.45, 7) is 3.67. The van der Waals surface area contributed by atoms with Crippen LogP contribution in [0.3, 0.4) is 0 Å². The first kappa shape index (κ1) is 15.4. The van der Waals surface area contributed by atoms with E-state index in [1.54, 1.807) is 20.1 Å². The summed E-state index contributed by atoms with van der Waals surface area (Å²) in [5.74, 6) is 0.501. The molecule has 21 heavy (non-hydrogen) atoms. The Balaban J connectivity index is 2.25. The summed E-state index contributed by atoms with van der Waals surface area (Å²) in [7, 11) is 1.63. The Morgan fingerprint density at radius 2 is 2.10 bits per heavy atom. The van der Waals surface area contributed by atoms with Crippen LogP contribution >= 0.6 is 11.8 Å². The fourth-order valence-electron chi connectivity index (χ4n) is 2.08. The van der Waals surface area contributed by atoms with Crippen LogP contribution in [0.5, 0.6) is 5.75 Å². The number of ether oxygens (including phenoxy) is 1. The van der Waals surface area contributed by atoms with Gasteiger partial charge in [0.1, 0.15) is 10.8 Å². The molecule has 2 rings (SSSR count). The number of aryl methyl sites for hydroxylation is 2. The number of hydrogen-bond acceptors (Lipinski definition) is 4. The number of carboxylic acid groups (broad SMARTS) is 1. The van der Waals surface area contributed by atoms with Crippen LogP contribution in [0.1, 0.15) is 27.2 Å². The topological polar surface area (TPSA) is 59.4 Å². The minimum atomic E-state index is -0.937. The van der Waals surface area contributed by atoms with Gasteiger partial charge in [0.05, 0.1) is 12.7 Å². The van der Waals surface area contributed by atoms with Crippen LogP contribution in [-0.2, 0) is 5.75 Å². The van der Waals surface area contributed by atoms with Crippen LogP contribution in [0.2, 0.25) is 0 Å². The van der Waals surface area contributed by atoms with Crippen LogP contribution in [-0.4, -0.2) is 23.2 Å². The van der Waals surface area contributed by atoms with E-state index < -0.39 is 5.97 Å². The first-order valence-corrected chi connectivity index (χ1v) is 7.47. The Labute approximate surface area is 128 Å². The van der Waals surface area contributed by atoms with Gasteiger partial charge in [0.15, 0.2) is 0 Å². The maximum atomic E-state index is 11.4. The van der Waals surface area contributed by atoms with Crippen molar-refractivity contribution < 1.29 is 14.6 Å². The van der Waals surface area contributed by atoms with Gasteiger partial charge < -0.3 is 9.84 Å². The molecule has 1 N–H and O–H groups in total. The highest BCUT2D eigenvalue weighted by Crippen LogP contribution is 2.28. The number of carbonyl (C=O) groups is 1. The summed E-state index contributed by atoms with van der Waals surface area (Å²) < 4.78 is 5.19. The summed E-state index contributed by atoms with van der Waals surface area (Å²) in [5, 5.41) is 9.90. The molecule has 0 unspecified atom stereocenters. The zero-order valence-corrected chi connectivity index (χ0v) is 13.0. The van der Waals surface area contributed by atoms with Crippen LogP contribution in [0.15, 0.2) is 35.4 Å². The van der Waals surface area contributed by atoms with Crippen molar-refractivity contribution >= 4 is 17.7 Å². The molecule has 0 fully saturated rings. The van der Waals surface area contributed by atoms with E-state index in [0.29, 0.717) is 10.8 Å². The van der Waals surface area contributed by atoms with Gasteiger partial charge in [-0.1, -0.05) is 12.1 Å². The first-order chi connectivity index (χ1) is 10.0. The molecule has 0 amide bonds. The predicted octanol–water partition coefficient (Wildman–Crippen LogP) is 3.70. The van der Waals surface area contributed by atoms with Crippen LogP contribution in [0, 0.1) is 13.8 Å². The van der Waals surface area contributed by atoms with Crippen molar-refractivity contribution in [3.8, 4) is 5.75 Å². The molecule has 5 heteroatoms. The lowest BCUT2D eigenvalue weighted by atomic mass is 10.1. The number of methoxy groups -OCH3 is 1. The molecule has 0 spiro atoms. The second-order valence-corrected chi connectivity index (χ2v) is 5.67. The maximum absolute atomic E-state index is 11.4. The first-order valence-electron chi connectivity index (χ1n) is 6.48. The Morgan fingerprint density at radius 1 is 1.33 bits per heavy atom. The minimum absolute atomic E-state index is 0.286. The largest absolute Gasteiger partial charge is 0.497 e. The Kier molecular flexibility index (Phi) is 4.85. The maximum Gasteiger partial charge on any atom is 0.338 e. The number of thioether (sulfide) groups is 1. The second-order valence-electron chi connectivity index (χ2n) is 4.71. The molecule has 0 radical (unpaired) electrons. The number of rotatable bonds is 5. The second kappa shape index (κ2) is 6.63. The standard InChI is InChI=1S/C16H17NO3S/c1-10-7-11(2)17-15(14(10)16(18)19)21-9-12-5-4-6-13(8-12)20-3/h4-8H,9H2,1-3H3,(H,18,19). The molecule has 0 saturated carbocycles.